The van der Waals surface area contributed by atoms with Crippen molar-refractivity contribution >= 4 is 38.1 Å². The molecule has 0 N–H and O–H groups in total. The fourth-order valence-corrected chi connectivity index (χ4v) is 1.01. The standard InChI is InChI=1S/C8H7ClNOSe/c1-11-8(12)10-7-4-2-6(9)3-5-7/h2-5H,1H3. The molecular formula is C8H7ClNOSe. The fourth-order valence-electron chi connectivity index (χ4n) is 0.667. The Morgan fingerprint density at radius 1 is 1.42 bits per heavy atom. The third kappa shape index (κ3) is 2.86. The Bertz CT molecular complexity index is 284. The fraction of sp³-hybridized carbons (Fsp3) is 0.125. The van der Waals surface area contributed by atoms with E-state index in [1.807, 2.05) is 12.1 Å². The van der Waals surface area contributed by atoms with Gasteiger partial charge in [-0.1, -0.05) is 0 Å². The van der Waals surface area contributed by atoms with Gasteiger partial charge in [0.2, 0.25) is 0 Å². The van der Waals surface area contributed by atoms with Gasteiger partial charge >= 0.3 is 84.2 Å². The number of nitrogens with zero attached hydrogens (tertiary/aromatic N) is 1. The Morgan fingerprint density at radius 3 is 2.50 bits per heavy atom. The number of ether oxygens (including phenoxy) is 1. The zero-order chi connectivity index (χ0) is 8.97. The van der Waals surface area contributed by atoms with Crippen LogP contribution in [-0.2, 0) is 4.74 Å². The first-order valence-electron chi connectivity index (χ1n) is 3.27. The Kier molecular flexibility index (Phi) is 3.60. The quantitative estimate of drug-likeness (QED) is 0.423. The molecule has 0 bridgehead atoms. The minimum atomic E-state index is 0.511. The summed E-state index contributed by atoms with van der Waals surface area (Å²) in [6, 6.07) is 7.20. The molecule has 2 nitrogen and oxygen atoms in total. The molecule has 0 aromatic heterocycles. The zero-order valence-electron chi connectivity index (χ0n) is 6.45. The van der Waals surface area contributed by atoms with Gasteiger partial charge in [0.25, 0.3) is 0 Å². The van der Waals surface area contributed by atoms with Crippen LogP contribution in [0.4, 0.5) is 5.69 Å². The second-order valence-corrected chi connectivity index (χ2v) is 3.23. The van der Waals surface area contributed by atoms with E-state index in [2.05, 4.69) is 21.0 Å². The molecule has 0 aliphatic carbocycles. The molecule has 0 saturated carbocycles. The minimum absolute atomic E-state index is 0.511. The van der Waals surface area contributed by atoms with Crippen molar-refractivity contribution < 1.29 is 4.74 Å². The van der Waals surface area contributed by atoms with Gasteiger partial charge < -0.3 is 0 Å². The molecule has 0 saturated heterocycles. The first-order valence-corrected chi connectivity index (χ1v) is 4.51. The van der Waals surface area contributed by atoms with Crippen molar-refractivity contribution in [2.75, 3.05) is 7.11 Å². The molecule has 0 fully saturated rings. The van der Waals surface area contributed by atoms with Crippen molar-refractivity contribution in [3.8, 4) is 0 Å². The Hall–Kier alpha value is -0.501. The summed E-state index contributed by atoms with van der Waals surface area (Å²) in [6.07, 6.45) is 0. The zero-order valence-corrected chi connectivity index (χ0v) is 8.92. The van der Waals surface area contributed by atoms with Crippen molar-refractivity contribution in [1.29, 1.82) is 0 Å². The van der Waals surface area contributed by atoms with Crippen LogP contribution < -0.4 is 0 Å². The van der Waals surface area contributed by atoms with Crippen molar-refractivity contribution in [3.05, 3.63) is 29.3 Å². The van der Waals surface area contributed by atoms with Crippen LogP contribution in [0.25, 0.3) is 0 Å². The van der Waals surface area contributed by atoms with Crippen LogP contribution in [0.3, 0.4) is 0 Å². The van der Waals surface area contributed by atoms with E-state index in [1.54, 1.807) is 19.2 Å². The summed E-state index contributed by atoms with van der Waals surface area (Å²) in [5, 5.41) is 0.702. The van der Waals surface area contributed by atoms with Crippen LogP contribution in [0, 0.1) is 0 Å². The average Bonchev–Trinajstić information content (AvgIpc) is 2.09. The van der Waals surface area contributed by atoms with Crippen molar-refractivity contribution in [1.82, 2.24) is 0 Å². The van der Waals surface area contributed by atoms with E-state index < -0.39 is 0 Å². The summed E-state index contributed by atoms with van der Waals surface area (Å²) in [5.41, 5.74) is 0.815. The third-order valence-corrected chi connectivity index (χ3v) is 2.01. The molecule has 0 heterocycles. The molecule has 1 rings (SSSR count). The molecule has 63 valence electrons. The van der Waals surface area contributed by atoms with Gasteiger partial charge in [0.15, 0.2) is 0 Å². The topological polar surface area (TPSA) is 21.6 Å². The van der Waals surface area contributed by atoms with Crippen molar-refractivity contribution in [2.24, 2.45) is 4.99 Å². The predicted octanol–water partition coefficient (Wildman–Crippen LogP) is 2.14. The van der Waals surface area contributed by atoms with E-state index in [-0.39, 0.29) is 0 Å². The van der Waals surface area contributed by atoms with E-state index in [9.17, 15) is 0 Å². The summed E-state index contributed by atoms with van der Waals surface area (Å²) in [7, 11) is 1.56. The van der Waals surface area contributed by atoms with Crippen LogP contribution in [0.5, 0.6) is 0 Å². The molecule has 0 spiro atoms. The molecule has 0 unspecified atom stereocenters. The van der Waals surface area contributed by atoms with Crippen LogP contribution >= 0.6 is 11.6 Å². The number of aliphatic imine (C=N–C) groups is 1. The van der Waals surface area contributed by atoms with Gasteiger partial charge in [-0.15, -0.1) is 0 Å². The molecule has 1 aromatic rings. The number of rotatable bonds is 1. The van der Waals surface area contributed by atoms with E-state index in [4.69, 9.17) is 16.3 Å². The summed E-state index contributed by atoms with van der Waals surface area (Å²) in [4.78, 5) is 4.61. The van der Waals surface area contributed by atoms with Crippen LogP contribution in [-0.4, -0.2) is 27.9 Å². The molecule has 0 atom stereocenters. The number of hydrogen-bond donors (Lipinski definition) is 0. The predicted molar refractivity (Wildman–Crippen MR) is 51.3 cm³/mol. The first-order chi connectivity index (χ1) is 5.72. The van der Waals surface area contributed by atoms with Gasteiger partial charge in [-0.3, -0.25) is 0 Å². The SMILES string of the molecule is COC([Se])=Nc1ccc(Cl)cc1. The maximum absolute atomic E-state index is 5.69. The number of halogens is 1. The van der Waals surface area contributed by atoms with Gasteiger partial charge in [0.05, 0.1) is 0 Å². The number of methoxy groups -OCH3 is 1. The number of hydrogen-bond acceptors (Lipinski definition) is 2. The van der Waals surface area contributed by atoms with E-state index >= 15 is 0 Å². The molecule has 1 radical (unpaired) electrons. The van der Waals surface area contributed by atoms with E-state index in [0.717, 1.165) is 5.69 Å². The normalized spacial score (nSPS) is 11.3. The van der Waals surface area contributed by atoms with E-state index in [1.165, 1.54) is 0 Å². The van der Waals surface area contributed by atoms with Crippen LogP contribution in [0.2, 0.25) is 5.02 Å². The molecule has 12 heavy (non-hydrogen) atoms. The maximum atomic E-state index is 5.69. The van der Waals surface area contributed by atoms with Crippen molar-refractivity contribution in [3.63, 3.8) is 0 Å². The van der Waals surface area contributed by atoms with Gasteiger partial charge in [0, 0.05) is 0 Å². The summed E-state index contributed by atoms with van der Waals surface area (Å²) < 4.78 is 4.85. The Morgan fingerprint density at radius 2 is 2.00 bits per heavy atom. The molecule has 0 amide bonds. The summed E-state index contributed by atoms with van der Waals surface area (Å²) >= 11 is 8.38. The van der Waals surface area contributed by atoms with Crippen molar-refractivity contribution in [2.45, 2.75) is 0 Å². The third-order valence-electron chi connectivity index (χ3n) is 1.22. The second kappa shape index (κ2) is 4.51. The van der Waals surface area contributed by atoms with Gasteiger partial charge in [-0.25, -0.2) is 0 Å². The monoisotopic (exact) mass is 248 g/mol. The van der Waals surface area contributed by atoms with Crippen LogP contribution in [0.1, 0.15) is 0 Å². The molecule has 0 aliphatic heterocycles. The van der Waals surface area contributed by atoms with Crippen LogP contribution in [0.15, 0.2) is 29.3 Å². The second-order valence-electron chi connectivity index (χ2n) is 2.06. The van der Waals surface area contributed by atoms with Gasteiger partial charge in [-0.05, 0) is 0 Å². The molecular weight excluding hydrogens is 241 g/mol. The van der Waals surface area contributed by atoms with E-state index in [0.29, 0.717) is 9.82 Å². The molecule has 1 aromatic carbocycles. The average molecular weight is 248 g/mol. The van der Waals surface area contributed by atoms with Gasteiger partial charge in [0.1, 0.15) is 0 Å². The molecule has 0 aliphatic rings. The van der Waals surface area contributed by atoms with Gasteiger partial charge in [-0.2, -0.15) is 0 Å². The molecule has 4 heteroatoms. The summed E-state index contributed by atoms with van der Waals surface area (Å²) in [5.74, 6) is 0. The Labute approximate surface area is 84.4 Å². The summed E-state index contributed by atoms with van der Waals surface area (Å²) in [6.45, 7) is 0. The number of benzene rings is 1. The Balaban J connectivity index is 2.84. The first kappa shape index (κ1) is 9.59.